The van der Waals surface area contributed by atoms with Crippen molar-refractivity contribution in [3.63, 3.8) is 0 Å². The zero-order valence-electron chi connectivity index (χ0n) is 16.4. The molecule has 0 aromatic heterocycles. The first-order chi connectivity index (χ1) is 12.4. The molecule has 3 rings (SSSR count). The van der Waals surface area contributed by atoms with E-state index in [9.17, 15) is 14.4 Å². The second-order valence-corrected chi connectivity index (χ2v) is 8.63. The van der Waals surface area contributed by atoms with Crippen LogP contribution in [0.2, 0.25) is 0 Å². The van der Waals surface area contributed by atoms with Crippen LogP contribution >= 0.6 is 0 Å². The van der Waals surface area contributed by atoms with Crippen LogP contribution in [0.1, 0.15) is 78.6 Å². The van der Waals surface area contributed by atoms with E-state index >= 15 is 0 Å². The van der Waals surface area contributed by atoms with E-state index in [1.807, 2.05) is 25.7 Å². The number of hydrogen-bond acceptors (Lipinski definition) is 3. The molecule has 0 aromatic carbocycles. The highest BCUT2D eigenvalue weighted by Crippen LogP contribution is 2.38. The van der Waals surface area contributed by atoms with Gasteiger partial charge < -0.3 is 10.2 Å². The summed E-state index contributed by atoms with van der Waals surface area (Å²) in [6.07, 6.45) is 9.20. The van der Waals surface area contributed by atoms with Crippen LogP contribution in [-0.4, -0.2) is 51.8 Å². The summed E-state index contributed by atoms with van der Waals surface area (Å²) >= 11 is 0. The van der Waals surface area contributed by atoms with Gasteiger partial charge in [-0.3, -0.25) is 14.5 Å². The number of hydrogen-bond donors (Lipinski definition) is 1. The van der Waals surface area contributed by atoms with Gasteiger partial charge in [-0.2, -0.15) is 0 Å². The van der Waals surface area contributed by atoms with E-state index in [0.717, 1.165) is 44.9 Å². The summed E-state index contributed by atoms with van der Waals surface area (Å²) in [7, 11) is 0. The molecule has 2 saturated carbocycles. The normalized spacial score (nSPS) is 30.2. The van der Waals surface area contributed by atoms with Crippen molar-refractivity contribution < 1.29 is 14.4 Å². The summed E-state index contributed by atoms with van der Waals surface area (Å²) < 4.78 is 0. The number of carbonyl (C=O) groups is 3. The van der Waals surface area contributed by atoms with Crippen LogP contribution in [-0.2, 0) is 9.59 Å². The number of amides is 4. The summed E-state index contributed by atoms with van der Waals surface area (Å²) in [6, 6.07) is -0.0852. The first-order valence-corrected chi connectivity index (χ1v) is 10.3. The van der Waals surface area contributed by atoms with E-state index in [1.54, 1.807) is 0 Å². The highest BCUT2D eigenvalue weighted by atomic mass is 16.2. The van der Waals surface area contributed by atoms with E-state index < -0.39 is 11.6 Å². The van der Waals surface area contributed by atoms with Gasteiger partial charge in [-0.05, 0) is 45.4 Å². The second-order valence-electron chi connectivity index (χ2n) is 8.63. The molecule has 26 heavy (non-hydrogen) atoms. The SMILES string of the molecule is CC(C)N(C(=O)CN1C(=O)N[C@]2(CCCC[C@@H]2C)C1=O)C1CCCCC1. The monoisotopic (exact) mass is 363 g/mol. The van der Waals surface area contributed by atoms with Crippen molar-refractivity contribution in [2.24, 2.45) is 5.92 Å². The van der Waals surface area contributed by atoms with Gasteiger partial charge in [0.1, 0.15) is 12.1 Å². The molecule has 1 aliphatic heterocycles. The van der Waals surface area contributed by atoms with Gasteiger partial charge >= 0.3 is 6.03 Å². The lowest BCUT2D eigenvalue weighted by atomic mass is 9.73. The van der Waals surface area contributed by atoms with Crippen molar-refractivity contribution >= 4 is 17.8 Å². The summed E-state index contributed by atoms with van der Waals surface area (Å²) in [5, 5.41) is 2.94. The molecule has 0 radical (unpaired) electrons. The van der Waals surface area contributed by atoms with E-state index in [-0.39, 0.29) is 36.4 Å². The minimum Gasteiger partial charge on any atom is -0.336 e. The summed E-state index contributed by atoms with van der Waals surface area (Å²) in [5.74, 6) is -0.182. The van der Waals surface area contributed by atoms with E-state index in [4.69, 9.17) is 0 Å². The van der Waals surface area contributed by atoms with Gasteiger partial charge in [0.2, 0.25) is 5.91 Å². The smallest absolute Gasteiger partial charge is 0.325 e. The Balaban J connectivity index is 1.73. The Kier molecular flexibility index (Phi) is 5.58. The predicted molar refractivity (Wildman–Crippen MR) is 99.5 cm³/mol. The molecule has 2 atom stereocenters. The molecule has 0 unspecified atom stereocenters. The molecule has 2 aliphatic carbocycles. The number of urea groups is 1. The maximum absolute atomic E-state index is 13.1. The van der Waals surface area contributed by atoms with Crippen LogP contribution in [0.15, 0.2) is 0 Å². The van der Waals surface area contributed by atoms with Crippen LogP contribution < -0.4 is 5.32 Å². The highest BCUT2D eigenvalue weighted by molar-refractivity contribution is 6.09. The van der Waals surface area contributed by atoms with Gasteiger partial charge in [0.25, 0.3) is 5.91 Å². The minimum absolute atomic E-state index is 0.0777. The average Bonchev–Trinajstić information content (AvgIpc) is 2.83. The zero-order valence-corrected chi connectivity index (χ0v) is 16.4. The van der Waals surface area contributed by atoms with Gasteiger partial charge in [-0.15, -0.1) is 0 Å². The molecule has 0 bridgehead atoms. The van der Waals surface area contributed by atoms with Crippen molar-refractivity contribution in [3.8, 4) is 0 Å². The topological polar surface area (TPSA) is 69.7 Å². The van der Waals surface area contributed by atoms with Crippen LogP contribution in [0.4, 0.5) is 4.79 Å². The molecule has 1 N–H and O–H groups in total. The fourth-order valence-corrected chi connectivity index (χ4v) is 5.13. The Bertz CT molecular complexity index is 571. The van der Waals surface area contributed by atoms with E-state index in [1.165, 1.54) is 11.3 Å². The van der Waals surface area contributed by atoms with Gasteiger partial charge in [-0.25, -0.2) is 4.79 Å². The molecule has 1 spiro atoms. The molecular formula is C20H33N3O3. The number of carbonyl (C=O) groups excluding carboxylic acids is 3. The highest BCUT2D eigenvalue weighted by Gasteiger charge is 2.55. The largest absolute Gasteiger partial charge is 0.336 e. The maximum Gasteiger partial charge on any atom is 0.325 e. The molecular weight excluding hydrogens is 330 g/mol. The lowest BCUT2D eigenvalue weighted by Gasteiger charge is -2.38. The van der Waals surface area contributed by atoms with Gasteiger partial charge in [0, 0.05) is 12.1 Å². The molecule has 6 nitrogen and oxygen atoms in total. The number of nitrogens with zero attached hydrogens (tertiary/aromatic N) is 2. The third-order valence-electron chi connectivity index (χ3n) is 6.61. The molecule has 3 fully saturated rings. The van der Waals surface area contributed by atoms with Gasteiger partial charge in [-0.1, -0.05) is 39.0 Å². The van der Waals surface area contributed by atoms with Crippen LogP contribution in [0, 0.1) is 5.92 Å². The van der Waals surface area contributed by atoms with E-state index in [2.05, 4.69) is 5.32 Å². The first kappa shape index (κ1) is 19.2. The summed E-state index contributed by atoms with van der Waals surface area (Å²) in [6.45, 7) is 5.94. The Labute approximate surface area is 156 Å². The fraction of sp³-hybridized carbons (Fsp3) is 0.850. The lowest BCUT2D eigenvalue weighted by Crippen LogP contribution is -2.54. The second kappa shape index (κ2) is 7.57. The minimum atomic E-state index is -0.789. The lowest BCUT2D eigenvalue weighted by molar-refractivity contribution is -0.143. The quantitative estimate of drug-likeness (QED) is 0.781. The molecule has 4 amide bonds. The molecule has 1 saturated heterocycles. The van der Waals surface area contributed by atoms with Crippen molar-refractivity contribution in [2.45, 2.75) is 96.2 Å². The number of imide groups is 1. The molecule has 0 aromatic rings. The first-order valence-electron chi connectivity index (χ1n) is 10.3. The fourth-order valence-electron chi connectivity index (χ4n) is 5.13. The summed E-state index contributed by atoms with van der Waals surface area (Å²) in [4.78, 5) is 41.7. The van der Waals surface area contributed by atoms with Crippen molar-refractivity contribution in [1.82, 2.24) is 15.1 Å². The van der Waals surface area contributed by atoms with Crippen molar-refractivity contribution in [2.75, 3.05) is 6.54 Å². The number of nitrogens with one attached hydrogen (secondary N) is 1. The van der Waals surface area contributed by atoms with Crippen molar-refractivity contribution in [3.05, 3.63) is 0 Å². The maximum atomic E-state index is 13.1. The molecule has 1 heterocycles. The Morgan fingerprint density at radius 3 is 2.42 bits per heavy atom. The van der Waals surface area contributed by atoms with Crippen molar-refractivity contribution in [1.29, 1.82) is 0 Å². The summed E-state index contributed by atoms with van der Waals surface area (Å²) in [5.41, 5.74) is -0.789. The average molecular weight is 364 g/mol. The van der Waals surface area contributed by atoms with Gasteiger partial charge in [0.15, 0.2) is 0 Å². The van der Waals surface area contributed by atoms with E-state index in [0.29, 0.717) is 6.42 Å². The Morgan fingerprint density at radius 1 is 1.15 bits per heavy atom. The third kappa shape index (κ3) is 3.35. The number of rotatable bonds is 4. The third-order valence-corrected chi connectivity index (χ3v) is 6.61. The molecule has 3 aliphatic rings. The standard InChI is InChI=1S/C20H33N3O3/c1-14(2)23(16-10-5-4-6-11-16)17(24)13-22-18(25)20(21-19(22)26)12-8-7-9-15(20)3/h14-16H,4-13H2,1-3H3,(H,21,26)/t15-,20-/m0/s1. The predicted octanol–water partition coefficient (Wildman–Crippen LogP) is 3.06. The van der Waals surface area contributed by atoms with Crippen LogP contribution in [0.3, 0.4) is 0 Å². The molecule has 146 valence electrons. The van der Waals surface area contributed by atoms with Gasteiger partial charge in [0.05, 0.1) is 0 Å². The van der Waals surface area contributed by atoms with Crippen LogP contribution in [0.5, 0.6) is 0 Å². The molecule has 6 heteroatoms. The Morgan fingerprint density at radius 2 is 1.81 bits per heavy atom. The zero-order chi connectivity index (χ0) is 18.9. The van der Waals surface area contributed by atoms with Crippen LogP contribution in [0.25, 0.3) is 0 Å². The Hall–Kier alpha value is -1.59.